The molecule has 7 heteroatoms. The summed E-state index contributed by atoms with van der Waals surface area (Å²) < 4.78 is 0. The molecule has 0 bridgehead atoms. The summed E-state index contributed by atoms with van der Waals surface area (Å²) in [5.41, 5.74) is 0.353. The molecule has 0 radical (unpaired) electrons. The molecule has 1 aromatic rings. The van der Waals surface area contributed by atoms with Crippen LogP contribution in [0.5, 0.6) is 0 Å². The molecule has 1 amide bonds. The second kappa shape index (κ2) is 5.97. The third-order valence-corrected chi connectivity index (χ3v) is 2.21. The number of nitrogens with one attached hydrogen (secondary N) is 1. The Morgan fingerprint density at radius 2 is 2.17 bits per heavy atom. The molecule has 18 heavy (non-hydrogen) atoms. The van der Waals surface area contributed by atoms with Gasteiger partial charge in [-0.1, -0.05) is 0 Å². The molecule has 98 valence electrons. The number of hydrogen-bond acceptors (Lipinski definition) is 5. The van der Waals surface area contributed by atoms with Gasteiger partial charge in [0, 0.05) is 25.9 Å². The minimum atomic E-state index is -1.61. The van der Waals surface area contributed by atoms with Crippen LogP contribution in [0.15, 0.2) is 18.3 Å². The molecule has 0 saturated heterocycles. The number of carbonyl (C=O) groups excluding carboxylic acids is 1. The monoisotopic (exact) mass is 253 g/mol. The normalized spacial score (nSPS) is 11.7. The van der Waals surface area contributed by atoms with Gasteiger partial charge in [0.25, 0.3) is 5.91 Å². The number of anilines is 1. The SMILES string of the molecule is CN(C)c1cc(C(=O)NCC(O)C(=O)O)ccn1. The molecule has 7 nitrogen and oxygen atoms in total. The van der Waals surface area contributed by atoms with E-state index < -0.39 is 18.0 Å². The number of pyridine rings is 1. The van der Waals surface area contributed by atoms with E-state index in [0.29, 0.717) is 11.4 Å². The van der Waals surface area contributed by atoms with E-state index >= 15 is 0 Å². The molecular formula is C11H15N3O4. The fourth-order valence-electron chi connectivity index (χ4n) is 1.18. The van der Waals surface area contributed by atoms with Gasteiger partial charge in [-0.3, -0.25) is 4.79 Å². The number of carbonyl (C=O) groups is 2. The van der Waals surface area contributed by atoms with Crippen LogP contribution in [0.25, 0.3) is 0 Å². The summed E-state index contributed by atoms with van der Waals surface area (Å²) in [6.45, 7) is -0.339. The predicted octanol–water partition coefficient (Wildman–Crippen LogP) is -0.677. The molecule has 0 saturated carbocycles. The zero-order chi connectivity index (χ0) is 13.7. The van der Waals surface area contributed by atoms with Crippen LogP contribution in [0.3, 0.4) is 0 Å². The van der Waals surface area contributed by atoms with Crippen LogP contribution in [-0.4, -0.2) is 53.8 Å². The number of aromatic nitrogens is 1. The molecule has 3 N–H and O–H groups in total. The molecule has 0 aromatic carbocycles. The van der Waals surface area contributed by atoms with E-state index in [1.54, 1.807) is 25.1 Å². The van der Waals surface area contributed by atoms with E-state index in [9.17, 15) is 9.59 Å². The quantitative estimate of drug-likeness (QED) is 0.642. The number of hydrogen-bond donors (Lipinski definition) is 3. The number of aliphatic carboxylic acids is 1. The second-order valence-electron chi connectivity index (χ2n) is 3.86. The lowest BCUT2D eigenvalue weighted by molar-refractivity contribution is -0.146. The van der Waals surface area contributed by atoms with Crippen LogP contribution in [-0.2, 0) is 4.79 Å². The van der Waals surface area contributed by atoms with Crippen molar-refractivity contribution in [2.75, 3.05) is 25.5 Å². The highest BCUT2D eigenvalue weighted by Gasteiger charge is 2.15. The number of aliphatic hydroxyl groups excluding tert-OH is 1. The zero-order valence-corrected chi connectivity index (χ0v) is 10.1. The van der Waals surface area contributed by atoms with Gasteiger partial charge in [0.15, 0.2) is 6.10 Å². The van der Waals surface area contributed by atoms with Gasteiger partial charge in [-0.25, -0.2) is 9.78 Å². The minimum absolute atomic E-state index is 0.339. The Bertz CT molecular complexity index is 448. The minimum Gasteiger partial charge on any atom is -0.479 e. The summed E-state index contributed by atoms with van der Waals surface area (Å²) in [7, 11) is 3.58. The summed E-state index contributed by atoms with van der Waals surface area (Å²) in [6.07, 6.45) is -0.123. The van der Waals surface area contributed by atoms with Gasteiger partial charge >= 0.3 is 5.97 Å². The van der Waals surface area contributed by atoms with Crippen molar-refractivity contribution in [3.8, 4) is 0 Å². The van der Waals surface area contributed by atoms with Crippen LogP contribution >= 0.6 is 0 Å². The van der Waals surface area contributed by atoms with Crippen molar-refractivity contribution in [3.63, 3.8) is 0 Å². The van der Waals surface area contributed by atoms with Crippen LogP contribution in [0, 0.1) is 0 Å². The van der Waals surface area contributed by atoms with Gasteiger partial charge in [-0.2, -0.15) is 0 Å². The van der Waals surface area contributed by atoms with Gasteiger partial charge in [0.2, 0.25) is 0 Å². The molecule has 1 atom stereocenters. The highest BCUT2D eigenvalue weighted by Crippen LogP contribution is 2.09. The Labute approximate surface area is 104 Å². The van der Waals surface area contributed by atoms with E-state index in [0.717, 1.165) is 0 Å². The van der Waals surface area contributed by atoms with E-state index in [2.05, 4.69) is 10.3 Å². The summed E-state index contributed by atoms with van der Waals surface area (Å²) in [5.74, 6) is -1.22. The van der Waals surface area contributed by atoms with E-state index in [1.807, 2.05) is 0 Å². The molecule has 1 unspecified atom stereocenters. The van der Waals surface area contributed by atoms with Crippen molar-refractivity contribution in [2.24, 2.45) is 0 Å². The summed E-state index contributed by atoms with van der Waals surface area (Å²) >= 11 is 0. The Morgan fingerprint density at radius 3 is 2.72 bits per heavy atom. The van der Waals surface area contributed by atoms with E-state index in [-0.39, 0.29) is 6.54 Å². The van der Waals surface area contributed by atoms with Crippen LogP contribution < -0.4 is 10.2 Å². The Morgan fingerprint density at radius 1 is 1.50 bits per heavy atom. The average Bonchev–Trinajstić information content (AvgIpc) is 2.35. The molecule has 0 aliphatic carbocycles. The van der Waals surface area contributed by atoms with Crippen molar-refractivity contribution < 1.29 is 19.8 Å². The van der Waals surface area contributed by atoms with Crippen molar-refractivity contribution >= 4 is 17.7 Å². The zero-order valence-electron chi connectivity index (χ0n) is 10.1. The standard InChI is InChI=1S/C11H15N3O4/c1-14(2)9-5-7(3-4-12-9)10(16)13-6-8(15)11(17)18/h3-5,8,15H,6H2,1-2H3,(H,13,16)(H,17,18). The number of amides is 1. The second-order valence-corrected chi connectivity index (χ2v) is 3.86. The number of carboxylic acids is 1. The van der Waals surface area contributed by atoms with Crippen molar-refractivity contribution in [1.29, 1.82) is 0 Å². The van der Waals surface area contributed by atoms with Gasteiger partial charge in [-0.15, -0.1) is 0 Å². The third-order valence-electron chi connectivity index (χ3n) is 2.21. The number of rotatable bonds is 5. The predicted molar refractivity (Wildman–Crippen MR) is 64.5 cm³/mol. The van der Waals surface area contributed by atoms with E-state index in [1.165, 1.54) is 12.3 Å². The smallest absolute Gasteiger partial charge is 0.334 e. The highest BCUT2D eigenvalue weighted by atomic mass is 16.4. The summed E-state index contributed by atoms with van der Waals surface area (Å²) in [4.78, 5) is 27.8. The van der Waals surface area contributed by atoms with Gasteiger partial charge in [0.05, 0.1) is 6.54 Å². The lowest BCUT2D eigenvalue weighted by Gasteiger charge is -2.12. The molecule has 0 aliphatic heterocycles. The molecule has 1 aromatic heterocycles. The average molecular weight is 253 g/mol. The highest BCUT2D eigenvalue weighted by molar-refractivity contribution is 5.95. The third kappa shape index (κ3) is 3.70. The fraction of sp³-hybridized carbons (Fsp3) is 0.364. The van der Waals surface area contributed by atoms with Crippen LogP contribution in [0.1, 0.15) is 10.4 Å². The fourth-order valence-corrected chi connectivity index (χ4v) is 1.18. The lowest BCUT2D eigenvalue weighted by atomic mass is 10.2. The van der Waals surface area contributed by atoms with Gasteiger partial charge in [-0.05, 0) is 12.1 Å². The number of carboxylic acid groups (broad SMARTS) is 1. The lowest BCUT2D eigenvalue weighted by Crippen LogP contribution is -2.36. The first-order chi connectivity index (χ1) is 8.41. The Kier molecular flexibility index (Phi) is 4.61. The maximum absolute atomic E-state index is 11.7. The first-order valence-corrected chi connectivity index (χ1v) is 5.24. The van der Waals surface area contributed by atoms with Gasteiger partial charge in [0.1, 0.15) is 5.82 Å². The number of aliphatic hydroxyl groups is 1. The first-order valence-electron chi connectivity index (χ1n) is 5.24. The topological polar surface area (TPSA) is 103 Å². The van der Waals surface area contributed by atoms with Crippen molar-refractivity contribution in [2.45, 2.75) is 6.10 Å². The first kappa shape index (κ1) is 13.9. The Hall–Kier alpha value is -2.15. The largest absolute Gasteiger partial charge is 0.479 e. The molecule has 1 rings (SSSR count). The van der Waals surface area contributed by atoms with Gasteiger partial charge < -0.3 is 20.4 Å². The summed E-state index contributed by atoms with van der Waals surface area (Å²) in [5, 5.41) is 19.8. The molecule has 0 aliphatic rings. The molecule has 1 heterocycles. The molecular weight excluding hydrogens is 238 g/mol. The van der Waals surface area contributed by atoms with Crippen molar-refractivity contribution in [3.05, 3.63) is 23.9 Å². The maximum Gasteiger partial charge on any atom is 0.334 e. The molecule has 0 spiro atoms. The van der Waals surface area contributed by atoms with E-state index in [4.69, 9.17) is 10.2 Å². The number of nitrogens with zero attached hydrogens (tertiary/aromatic N) is 2. The van der Waals surface area contributed by atoms with Crippen LogP contribution in [0.4, 0.5) is 5.82 Å². The van der Waals surface area contributed by atoms with Crippen LogP contribution in [0.2, 0.25) is 0 Å². The summed E-state index contributed by atoms with van der Waals surface area (Å²) in [6, 6.07) is 3.08. The Balaban J connectivity index is 2.67. The maximum atomic E-state index is 11.7. The molecule has 0 fully saturated rings. The van der Waals surface area contributed by atoms with Crippen molar-refractivity contribution in [1.82, 2.24) is 10.3 Å².